The summed E-state index contributed by atoms with van der Waals surface area (Å²) >= 11 is 0. The second-order valence-electron chi connectivity index (χ2n) is 4.90. The summed E-state index contributed by atoms with van der Waals surface area (Å²) in [5.74, 6) is -0.189. The maximum Gasteiger partial charge on any atom is 0.255 e. The fourth-order valence-electron chi connectivity index (χ4n) is 2.25. The molecule has 0 fully saturated rings. The van der Waals surface area contributed by atoms with Crippen LogP contribution >= 0.6 is 0 Å². The molecule has 102 valence electrons. The molecule has 0 saturated heterocycles. The maximum absolute atomic E-state index is 12.2. The van der Waals surface area contributed by atoms with Gasteiger partial charge in [0.15, 0.2) is 0 Å². The lowest BCUT2D eigenvalue weighted by atomic mass is 10.1. The standard InChI is InChI=1S/C17H13N3O/c1-11-8-14-9-15(6-7-16(14)19-11)20-17(21)13-4-2-12(10-18)3-5-13/h2-9,19H,1H3,(H,20,21). The van der Waals surface area contributed by atoms with Gasteiger partial charge in [0.1, 0.15) is 0 Å². The van der Waals surface area contributed by atoms with Crippen LogP contribution in [0.3, 0.4) is 0 Å². The van der Waals surface area contributed by atoms with E-state index in [0.29, 0.717) is 11.1 Å². The molecule has 2 aromatic carbocycles. The van der Waals surface area contributed by atoms with Gasteiger partial charge in [-0.2, -0.15) is 5.26 Å². The van der Waals surface area contributed by atoms with Crippen LogP contribution in [0.4, 0.5) is 5.69 Å². The number of carbonyl (C=O) groups excluding carboxylic acids is 1. The molecule has 1 aromatic heterocycles. The molecule has 4 nitrogen and oxygen atoms in total. The summed E-state index contributed by atoms with van der Waals surface area (Å²) in [7, 11) is 0. The van der Waals surface area contributed by atoms with Gasteiger partial charge in [-0.05, 0) is 55.5 Å². The van der Waals surface area contributed by atoms with E-state index in [4.69, 9.17) is 5.26 Å². The van der Waals surface area contributed by atoms with Gasteiger partial charge in [-0.1, -0.05) is 0 Å². The van der Waals surface area contributed by atoms with Gasteiger partial charge in [-0.3, -0.25) is 4.79 Å². The molecule has 0 aliphatic carbocycles. The minimum Gasteiger partial charge on any atom is -0.359 e. The third kappa shape index (κ3) is 2.63. The van der Waals surface area contributed by atoms with Gasteiger partial charge in [-0.25, -0.2) is 0 Å². The van der Waals surface area contributed by atoms with Gasteiger partial charge in [-0.15, -0.1) is 0 Å². The van der Waals surface area contributed by atoms with E-state index >= 15 is 0 Å². The van der Waals surface area contributed by atoms with Gasteiger partial charge >= 0.3 is 0 Å². The number of hydrogen-bond acceptors (Lipinski definition) is 2. The van der Waals surface area contributed by atoms with E-state index < -0.39 is 0 Å². The topological polar surface area (TPSA) is 68.7 Å². The Morgan fingerprint density at radius 1 is 1.14 bits per heavy atom. The van der Waals surface area contributed by atoms with E-state index in [1.54, 1.807) is 24.3 Å². The number of aromatic nitrogens is 1. The van der Waals surface area contributed by atoms with E-state index in [9.17, 15) is 4.79 Å². The molecular formula is C17H13N3O. The Balaban J connectivity index is 1.83. The Hall–Kier alpha value is -3.06. The zero-order valence-electron chi connectivity index (χ0n) is 11.5. The van der Waals surface area contributed by atoms with Crippen LogP contribution in [0.1, 0.15) is 21.6 Å². The lowest BCUT2D eigenvalue weighted by Gasteiger charge is -2.05. The molecule has 4 heteroatoms. The van der Waals surface area contributed by atoms with Crippen molar-refractivity contribution >= 4 is 22.5 Å². The highest BCUT2D eigenvalue weighted by Gasteiger charge is 2.07. The highest BCUT2D eigenvalue weighted by atomic mass is 16.1. The zero-order chi connectivity index (χ0) is 14.8. The van der Waals surface area contributed by atoms with Crippen LogP contribution in [0.5, 0.6) is 0 Å². The van der Waals surface area contributed by atoms with Crippen molar-refractivity contribution in [1.82, 2.24) is 4.98 Å². The maximum atomic E-state index is 12.2. The number of nitrogens with one attached hydrogen (secondary N) is 2. The van der Waals surface area contributed by atoms with Crippen LogP contribution in [0.25, 0.3) is 10.9 Å². The fraction of sp³-hybridized carbons (Fsp3) is 0.0588. The Bertz CT molecular complexity index is 854. The Labute approximate surface area is 122 Å². The average Bonchev–Trinajstić information content (AvgIpc) is 2.86. The lowest BCUT2D eigenvalue weighted by molar-refractivity contribution is 0.102. The number of nitriles is 1. The molecule has 0 bridgehead atoms. The monoisotopic (exact) mass is 275 g/mol. The molecule has 0 radical (unpaired) electrons. The third-order valence-corrected chi connectivity index (χ3v) is 3.29. The first kappa shape index (κ1) is 12.9. The van der Waals surface area contributed by atoms with Gasteiger partial charge in [0, 0.05) is 27.8 Å². The summed E-state index contributed by atoms with van der Waals surface area (Å²) in [4.78, 5) is 15.4. The smallest absolute Gasteiger partial charge is 0.255 e. The van der Waals surface area contributed by atoms with E-state index in [1.165, 1.54) is 0 Å². The summed E-state index contributed by atoms with van der Waals surface area (Å²) in [6.07, 6.45) is 0. The number of anilines is 1. The summed E-state index contributed by atoms with van der Waals surface area (Å²) in [5.41, 5.74) is 3.94. The zero-order valence-corrected chi connectivity index (χ0v) is 11.5. The molecule has 2 N–H and O–H groups in total. The second kappa shape index (κ2) is 5.14. The number of H-pyrrole nitrogens is 1. The highest BCUT2D eigenvalue weighted by molar-refractivity contribution is 6.05. The van der Waals surface area contributed by atoms with Crippen molar-refractivity contribution in [3.63, 3.8) is 0 Å². The van der Waals surface area contributed by atoms with Crippen molar-refractivity contribution in [1.29, 1.82) is 5.26 Å². The summed E-state index contributed by atoms with van der Waals surface area (Å²) in [5, 5.41) is 12.7. The van der Waals surface area contributed by atoms with Crippen LogP contribution in [-0.4, -0.2) is 10.9 Å². The van der Waals surface area contributed by atoms with Crippen LogP contribution in [-0.2, 0) is 0 Å². The molecule has 0 spiro atoms. The molecule has 1 amide bonds. The van der Waals surface area contributed by atoms with E-state index in [2.05, 4.69) is 10.3 Å². The number of fused-ring (bicyclic) bond motifs is 1. The first-order chi connectivity index (χ1) is 10.2. The van der Waals surface area contributed by atoms with Crippen molar-refractivity contribution < 1.29 is 4.79 Å². The van der Waals surface area contributed by atoms with Crippen molar-refractivity contribution in [3.8, 4) is 6.07 Å². The van der Waals surface area contributed by atoms with E-state index in [0.717, 1.165) is 22.3 Å². The number of carbonyl (C=O) groups is 1. The number of rotatable bonds is 2. The molecule has 0 saturated carbocycles. The predicted octanol–water partition coefficient (Wildman–Crippen LogP) is 3.60. The number of benzene rings is 2. The molecule has 21 heavy (non-hydrogen) atoms. The fourth-order valence-corrected chi connectivity index (χ4v) is 2.25. The minimum absolute atomic E-state index is 0.189. The van der Waals surface area contributed by atoms with Crippen LogP contribution < -0.4 is 5.32 Å². The number of amides is 1. The van der Waals surface area contributed by atoms with Crippen LogP contribution in [0, 0.1) is 18.3 Å². The third-order valence-electron chi connectivity index (χ3n) is 3.29. The molecular weight excluding hydrogens is 262 g/mol. The van der Waals surface area contributed by atoms with Crippen molar-refractivity contribution in [2.24, 2.45) is 0 Å². The highest BCUT2D eigenvalue weighted by Crippen LogP contribution is 2.20. The Kier molecular flexibility index (Phi) is 3.17. The SMILES string of the molecule is Cc1cc2cc(NC(=O)c3ccc(C#N)cc3)ccc2[nH]1. The molecule has 0 unspecified atom stereocenters. The van der Waals surface area contributed by atoms with Gasteiger partial charge < -0.3 is 10.3 Å². The summed E-state index contributed by atoms with van der Waals surface area (Å²) < 4.78 is 0. The van der Waals surface area contributed by atoms with Crippen LogP contribution in [0.2, 0.25) is 0 Å². The lowest BCUT2D eigenvalue weighted by Crippen LogP contribution is -2.11. The predicted molar refractivity (Wildman–Crippen MR) is 82.1 cm³/mol. The number of aromatic amines is 1. The first-order valence-electron chi connectivity index (χ1n) is 6.56. The molecule has 0 aliphatic heterocycles. The average molecular weight is 275 g/mol. The Morgan fingerprint density at radius 3 is 2.62 bits per heavy atom. The minimum atomic E-state index is -0.189. The molecule has 3 rings (SSSR count). The second-order valence-corrected chi connectivity index (χ2v) is 4.90. The van der Waals surface area contributed by atoms with Crippen molar-refractivity contribution in [3.05, 3.63) is 65.4 Å². The van der Waals surface area contributed by atoms with E-state index in [-0.39, 0.29) is 5.91 Å². The number of nitrogens with zero attached hydrogens (tertiary/aromatic N) is 1. The quantitative estimate of drug-likeness (QED) is 0.750. The van der Waals surface area contributed by atoms with Crippen LogP contribution in [0.15, 0.2) is 48.5 Å². The van der Waals surface area contributed by atoms with Crippen molar-refractivity contribution in [2.75, 3.05) is 5.32 Å². The summed E-state index contributed by atoms with van der Waals surface area (Å²) in [6, 6.07) is 16.4. The molecule has 0 aliphatic rings. The Morgan fingerprint density at radius 2 is 1.90 bits per heavy atom. The molecule has 1 heterocycles. The number of aryl methyl sites for hydroxylation is 1. The molecule has 0 atom stereocenters. The first-order valence-corrected chi connectivity index (χ1v) is 6.56. The van der Waals surface area contributed by atoms with Gasteiger partial charge in [0.2, 0.25) is 0 Å². The summed E-state index contributed by atoms with van der Waals surface area (Å²) in [6.45, 7) is 2.00. The van der Waals surface area contributed by atoms with E-state index in [1.807, 2.05) is 37.3 Å². The largest absolute Gasteiger partial charge is 0.359 e. The van der Waals surface area contributed by atoms with Crippen molar-refractivity contribution in [2.45, 2.75) is 6.92 Å². The van der Waals surface area contributed by atoms with Gasteiger partial charge in [0.05, 0.1) is 11.6 Å². The number of hydrogen-bond donors (Lipinski definition) is 2. The van der Waals surface area contributed by atoms with Gasteiger partial charge in [0.25, 0.3) is 5.91 Å². The normalized spacial score (nSPS) is 10.3. The molecule has 3 aromatic rings.